The molecule has 0 saturated heterocycles. The molecule has 1 aliphatic carbocycles. The van der Waals surface area contributed by atoms with Gasteiger partial charge in [-0.2, -0.15) is 0 Å². The molecular weight excluding hydrogens is 268 g/mol. The predicted octanol–water partition coefficient (Wildman–Crippen LogP) is 3.04. The van der Waals surface area contributed by atoms with E-state index in [1.165, 1.54) is 6.07 Å². The first-order valence-corrected chi connectivity index (χ1v) is 6.68. The Morgan fingerprint density at radius 3 is 2.74 bits per heavy atom. The Kier molecular flexibility index (Phi) is 4.39. The SMILES string of the molecule is NC1(COCc2c(Cl)cccc2[N+](=O)[O-])CCCC1. The van der Waals surface area contributed by atoms with Gasteiger partial charge in [-0.05, 0) is 18.9 Å². The van der Waals surface area contributed by atoms with E-state index in [1.807, 2.05) is 0 Å². The van der Waals surface area contributed by atoms with Crippen LogP contribution < -0.4 is 5.73 Å². The lowest BCUT2D eigenvalue weighted by Gasteiger charge is -2.23. The van der Waals surface area contributed by atoms with Crippen LogP contribution in [-0.4, -0.2) is 17.1 Å². The number of hydrogen-bond donors (Lipinski definition) is 1. The fourth-order valence-corrected chi connectivity index (χ4v) is 2.67. The molecule has 0 spiro atoms. The molecule has 0 bridgehead atoms. The third kappa shape index (κ3) is 3.43. The Hall–Kier alpha value is -1.17. The summed E-state index contributed by atoms with van der Waals surface area (Å²) in [5.74, 6) is 0. The van der Waals surface area contributed by atoms with Crippen molar-refractivity contribution < 1.29 is 9.66 Å². The van der Waals surface area contributed by atoms with Crippen LogP contribution in [0.4, 0.5) is 5.69 Å². The molecule has 5 nitrogen and oxygen atoms in total. The van der Waals surface area contributed by atoms with Gasteiger partial charge in [-0.15, -0.1) is 0 Å². The molecule has 104 valence electrons. The van der Waals surface area contributed by atoms with Crippen LogP contribution in [0.2, 0.25) is 5.02 Å². The van der Waals surface area contributed by atoms with Crippen molar-refractivity contribution >= 4 is 17.3 Å². The maximum absolute atomic E-state index is 10.9. The van der Waals surface area contributed by atoms with Crippen LogP contribution in [0.1, 0.15) is 31.2 Å². The summed E-state index contributed by atoms with van der Waals surface area (Å²) in [5.41, 5.74) is 6.29. The minimum absolute atomic E-state index is 0.00927. The number of nitrogens with zero attached hydrogens (tertiary/aromatic N) is 1. The van der Waals surface area contributed by atoms with Gasteiger partial charge in [0.25, 0.3) is 5.69 Å². The zero-order valence-electron chi connectivity index (χ0n) is 10.6. The summed E-state index contributed by atoms with van der Waals surface area (Å²) in [6, 6.07) is 4.62. The average Bonchev–Trinajstić information content (AvgIpc) is 2.78. The Morgan fingerprint density at radius 2 is 2.11 bits per heavy atom. The quantitative estimate of drug-likeness (QED) is 0.666. The number of ether oxygens (including phenoxy) is 1. The first-order chi connectivity index (χ1) is 9.02. The van der Waals surface area contributed by atoms with Gasteiger partial charge in [0.1, 0.15) is 0 Å². The zero-order valence-corrected chi connectivity index (χ0v) is 11.4. The highest BCUT2D eigenvalue weighted by atomic mass is 35.5. The van der Waals surface area contributed by atoms with E-state index in [0.717, 1.165) is 25.7 Å². The number of benzene rings is 1. The third-order valence-corrected chi connectivity index (χ3v) is 3.88. The number of halogens is 1. The van der Waals surface area contributed by atoms with Crippen molar-refractivity contribution in [2.75, 3.05) is 6.61 Å². The van der Waals surface area contributed by atoms with Crippen LogP contribution >= 0.6 is 11.6 Å². The van der Waals surface area contributed by atoms with E-state index in [2.05, 4.69) is 0 Å². The molecule has 0 heterocycles. The molecule has 2 rings (SSSR count). The Morgan fingerprint density at radius 1 is 1.42 bits per heavy atom. The average molecular weight is 285 g/mol. The number of nitro groups is 1. The van der Waals surface area contributed by atoms with Gasteiger partial charge in [0.2, 0.25) is 0 Å². The second-order valence-electron chi connectivity index (χ2n) is 5.06. The summed E-state index contributed by atoms with van der Waals surface area (Å²) < 4.78 is 5.56. The van der Waals surface area contributed by atoms with Gasteiger partial charge in [0, 0.05) is 11.6 Å². The maximum Gasteiger partial charge on any atom is 0.276 e. The smallest absolute Gasteiger partial charge is 0.276 e. The Bertz CT molecular complexity index is 473. The monoisotopic (exact) mass is 284 g/mol. The molecule has 2 N–H and O–H groups in total. The molecule has 19 heavy (non-hydrogen) atoms. The summed E-state index contributed by atoms with van der Waals surface area (Å²) in [7, 11) is 0. The van der Waals surface area contributed by atoms with E-state index in [9.17, 15) is 10.1 Å². The zero-order chi connectivity index (χ0) is 13.9. The van der Waals surface area contributed by atoms with E-state index in [1.54, 1.807) is 12.1 Å². The topological polar surface area (TPSA) is 78.4 Å². The lowest BCUT2D eigenvalue weighted by Crippen LogP contribution is -2.41. The summed E-state index contributed by atoms with van der Waals surface area (Å²) in [6.45, 7) is 0.532. The van der Waals surface area contributed by atoms with Crippen molar-refractivity contribution in [3.05, 3.63) is 38.9 Å². The first kappa shape index (κ1) is 14.2. The largest absolute Gasteiger partial charge is 0.375 e. The van der Waals surface area contributed by atoms with Crippen LogP contribution in [-0.2, 0) is 11.3 Å². The van der Waals surface area contributed by atoms with Crippen molar-refractivity contribution in [1.29, 1.82) is 0 Å². The summed E-state index contributed by atoms with van der Waals surface area (Å²) >= 11 is 5.99. The van der Waals surface area contributed by atoms with Crippen LogP contribution in [0, 0.1) is 10.1 Å². The van der Waals surface area contributed by atoms with E-state index >= 15 is 0 Å². The molecule has 0 aliphatic heterocycles. The number of nitro benzene ring substituents is 1. The lowest BCUT2D eigenvalue weighted by atomic mass is 10.0. The van der Waals surface area contributed by atoms with Crippen LogP contribution in [0.25, 0.3) is 0 Å². The van der Waals surface area contributed by atoms with E-state index in [0.29, 0.717) is 17.2 Å². The van der Waals surface area contributed by atoms with Crippen LogP contribution in [0.5, 0.6) is 0 Å². The van der Waals surface area contributed by atoms with Gasteiger partial charge in [0.15, 0.2) is 0 Å². The molecule has 6 heteroatoms. The van der Waals surface area contributed by atoms with Crippen LogP contribution in [0.15, 0.2) is 18.2 Å². The minimum Gasteiger partial charge on any atom is -0.375 e. The molecule has 1 fully saturated rings. The van der Waals surface area contributed by atoms with Crippen molar-refractivity contribution in [1.82, 2.24) is 0 Å². The van der Waals surface area contributed by atoms with Crippen molar-refractivity contribution in [3.8, 4) is 0 Å². The molecule has 0 unspecified atom stereocenters. The fraction of sp³-hybridized carbons (Fsp3) is 0.538. The van der Waals surface area contributed by atoms with Gasteiger partial charge in [-0.25, -0.2) is 0 Å². The molecule has 0 atom stereocenters. The summed E-state index contributed by atoms with van der Waals surface area (Å²) in [4.78, 5) is 10.5. The molecule has 1 aliphatic rings. The standard InChI is InChI=1S/C13H17ClN2O3/c14-11-4-3-5-12(16(17)18)10(11)8-19-9-13(15)6-1-2-7-13/h3-5H,1-2,6-9,15H2. The van der Waals surface area contributed by atoms with Gasteiger partial charge in [-0.3, -0.25) is 10.1 Å². The molecule has 1 aromatic carbocycles. The first-order valence-electron chi connectivity index (χ1n) is 6.30. The highest BCUT2D eigenvalue weighted by molar-refractivity contribution is 6.31. The third-order valence-electron chi connectivity index (χ3n) is 3.53. The highest BCUT2D eigenvalue weighted by Crippen LogP contribution is 2.30. The molecular formula is C13H17ClN2O3. The van der Waals surface area contributed by atoms with Crippen molar-refractivity contribution in [2.45, 2.75) is 37.8 Å². The summed E-state index contributed by atoms with van der Waals surface area (Å²) in [5, 5.41) is 11.3. The van der Waals surface area contributed by atoms with Crippen molar-refractivity contribution in [3.63, 3.8) is 0 Å². The van der Waals surface area contributed by atoms with Gasteiger partial charge < -0.3 is 10.5 Å². The Labute approximate surface area is 116 Å². The molecule has 0 amide bonds. The normalized spacial score (nSPS) is 17.6. The number of nitrogens with two attached hydrogens (primary N) is 1. The van der Waals surface area contributed by atoms with E-state index in [4.69, 9.17) is 22.1 Å². The van der Waals surface area contributed by atoms with E-state index < -0.39 is 4.92 Å². The molecule has 1 aromatic rings. The molecule has 0 aromatic heterocycles. The molecule has 1 saturated carbocycles. The highest BCUT2D eigenvalue weighted by Gasteiger charge is 2.29. The predicted molar refractivity (Wildman–Crippen MR) is 73.1 cm³/mol. The van der Waals surface area contributed by atoms with Crippen LogP contribution in [0.3, 0.4) is 0 Å². The number of hydrogen-bond acceptors (Lipinski definition) is 4. The Balaban J connectivity index is 2.01. The summed E-state index contributed by atoms with van der Waals surface area (Å²) in [6.07, 6.45) is 4.12. The van der Waals surface area contributed by atoms with Gasteiger partial charge in [-0.1, -0.05) is 30.5 Å². The number of rotatable bonds is 5. The van der Waals surface area contributed by atoms with E-state index in [-0.39, 0.29) is 17.8 Å². The minimum atomic E-state index is -0.446. The van der Waals surface area contributed by atoms with Crippen molar-refractivity contribution in [2.24, 2.45) is 5.73 Å². The maximum atomic E-state index is 10.9. The van der Waals surface area contributed by atoms with Gasteiger partial charge in [0.05, 0.1) is 28.7 Å². The molecule has 0 radical (unpaired) electrons. The second-order valence-corrected chi connectivity index (χ2v) is 5.46. The lowest BCUT2D eigenvalue weighted by molar-refractivity contribution is -0.385. The van der Waals surface area contributed by atoms with Gasteiger partial charge >= 0.3 is 0 Å². The fourth-order valence-electron chi connectivity index (χ4n) is 2.44. The second kappa shape index (κ2) is 5.86.